The van der Waals surface area contributed by atoms with E-state index in [9.17, 15) is 18.0 Å². The van der Waals surface area contributed by atoms with E-state index in [-0.39, 0.29) is 17.7 Å². The maximum Gasteiger partial charge on any atom is 0.416 e. The van der Waals surface area contributed by atoms with Gasteiger partial charge in [0.2, 0.25) is 0 Å². The van der Waals surface area contributed by atoms with Crippen molar-refractivity contribution in [3.8, 4) is 11.4 Å². The number of carbonyl (C=O) groups is 1. The minimum atomic E-state index is -4.58. The monoisotopic (exact) mass is 439 g/mol. The summed E-state index contributed by atoms with van der Waals surface area (Å²) >= 11 is 0. The van der Waals surface area contributed by atoms with Crippen LogP contribution < -0.4 is 5.32 Å². The predicted molar refractivity (Wildman–Crippen MR) is 113 cm³/mol. The zero-order chi connectivity index (χ0) is 22.9. The van der Waals surface area contributed by atoms with Crippen LogP contribution in [0.5, 0.6) is 0 Å². The fourth-order valence-electron chi connectivity index (χ4n) is 3.44. The second-order valence-electron chi connectivity index (χ2n) is 7.37. The summed E-state index contributed by atoms with van der Waals surface area (Å²) in [6.07, 6.45) is -1.68. The van der Waals surface area contributed by atoms with Crippen molar-refractivity contribution >= 4 is 5.91 Å². The topological polar surface area (TPSA) is 64.7 Å². The van der Waals surface area contributed by atoms with Gasteiger partial charge in [-0.25, -0.2) is 9.36 Å². The Hall–Kier alpha value is -3.88. The zero-order valence-corrected chi connectivity index (χ0v) is 17.4. The fourth-order valence-corrected chi connectivity index (χ4v) is 3.44. The van der Waals surface area contributed by atoms with E-state index in [4.69, 9.17) is 0 Å². The molecule has 0 spiro atoms. The van der Waals surface area contributed by atoms with Gasteiger partial charge in [0.15, 0.2) is 0 Å². The molecule has 0 saturated carbocycles. The molecule has 0 aliphatic rings. The Bertz CT molecular complexity index is 1260. The van der Waals surface area contributed by atoms with Crippen LogP contribution in [0.25, 0.3) is 11.4 Å². The number of hydrogen-bond acceptors (Lipinski definition) is 3. The summed E-state index contributed by atoms with van der Waals surface area (Å²) in [6, 6.07) is 15.0. The highest BCUT2D eigenvalue weighted by Gasteiger charge is 2.34. The standard InChI is InChI=1S/C23H20F3N5O/c1-15-10-16(2)31(29-15)20-9-8-17(21(11-20)23(24,25)26)12-27-22(32)18-13-28-30(14-18)19-6-4-3-5-7-19/h3-11,13-14H,12H2,1-2H3,(H,27,32). The summed E-state index contributed by atoms with van der Waals surface area (Å²) in [6.45, 7) is 3.27. The first-order chi connectivity index (χ1) is 15.2. The smallest absolute Gasteiger partial charge is 0.348 e. The molecule has 1 amide bonds. The number of alkyl halides is 3. The van der Waals surface area contributed by atoms with Gasteiger partial charge in [-0.3, -0.25) is 4.79 Å². The predicted octanol–water partition coefficient (Wildman–Crippen LogP) is 4.62. The second-order valence-corrected chi connectivity index (χ2v) is 7.37. The van der Waals surface area contributed by atoms with Crippen molar-refractivity contribution in [1.29, 1.82) is 0 Å². The van der Waals surface area contributed by atoms with Gasteiger partial charge in [0.1, 0.15) is 0 Å². The van der Waals surface area contributed by atoms with Gasteiger partial charge in [-0.2, -0.15) is 23.4 Å². The summed E-state index contributed by atoms with van der Waals surface area (Å²) < 4.78 is 44.2. The number of para-hydroxylation sites is 1. The lowest BCUT2D eigenvalue weighted by molar-refractivity contribution is -0.138. The molecular formula is C23H20F3N5O. The summed E-state index contributed by atoms with van der Waals surface area (Å²) in [5, 5.41) is 10.9. The van der Waals surface area contributed by atoms with E-state index in [1.54, 1.807) is 26.0 Å². The van der Waals surface area contributed by atoms with Crippen molar-refractivity contribution in [1.82, 2.24) is 24.9 Å². The van der Waals surface area contributed by atoms with Crippen LogP contribution in [0.3, 0.4) is 0 Å². The van der Waals surface area contributed by atoms with Crippen LogP contribution in [0.1, 0.15) is 32.9 Å². The molecule has 6 nitrogen and oxygen atoms in total. The Morgan fingerprint density at radius 3 is 2.44 bits per heavy atom. The van der Waals surface area contributed by atoms with Crippen molar-refractivity contribution in [3.63, 3.8) is 0 Å². The van der Waals surface area contributed by atoms with E-state index < -0.39 is 17.6 Å². The normalized spacial score (nSPS) is 11.5. The van der Waals surface area contributed by atoms with Crippen molar-refractivity contribution in [2.45, 2.75) is 26.6 Å². The molecule has 2 aromatic heterocycles. The molecule has 32 heavy (non-hydrogen) atoms. The van der Waals surface area contributed by atoms with Gasteiger partial charge in [-0.15, -0.1) is 0 Å². The van der Waals surface area contributed by atoms with E-state index in [2.05, 4.69) is 15.5 Å². The number of amides is 1. The molecule has 1 N–H and O–H groups in total. The Kier molecular flexibility index (Phi) is 5.56. The second kappa shape index (κ2) is 8.33. The van der Waals surface area contributed by atoms with Crippen LogP contribution in [0.15, 0.2) is 67.0 Å². The molecule has 2 aromatic carbocycles. The lowest BCUT2D eigenvalue weighted by atomic mass is 10.1. The Morgan fingerprint density at radius 1 is 1.03 bits per heavy atom. The maximum atomic E-state index is 13.7. The molecule has 164 valence electrons. The molecule has 0 radical (unpaired) electrons. The van der Waals surface area contributed by atoms with Gasteiger partial charge in [-0.1, -0.05) is 24.3 Å². The van der Waals surface area contributed by atoms with Crippen LogP contribution in [0, 0.1) is 13.8 Å². The molecule has 0 unspecified atom stereocenters. The van der Waals surface area contributed by atoms with Gasteiger partial charge >= 0.3 is 6.18 Å². The van der Waals surface area contributed by atoms with Gasteiger partial charge in [0, 0.05) is 18.4 Å². The first kappa shape index (κ1) is 21.4. The Morgan fingerprint density at radius 2 is 1.78 bits per heavy atom. The first-order valence-electron chi connectivity index (χ1n) is 9.84. The number of halogens is 3. The number of hydrogen-bond donors (Lipinski definition) is 1. The average Bonchev–Trinajstić information content (AvgIpc) is 3.38. The molecule has 4 aromatic rings. The van der Waals surface area contributed by atoms with E-state index in [1.807, 2.05) is 30.3 Å². The minimum absolute atomic E-state index is 0.0356. The third-order valence-electron chi connectivity index (χ3n) is 4.96. The minimum Gasteiger partial charge on any atom is -0.348 e. The first-order valence-corrected chi connectivity index (χ1v) is 9.84. The van der Waals surface area contributed by atoms with Crippen LogP contribution in [-0.4, -0.2) is 25.5 Å². The van der Waals surface area contributed by atoms with Gasteiger partial charge in [0.25, 0.3) is 5.91 Å². The Balaban J connectivity index is 1.54. The summed E-state index contributed by atoms with van der Waals surface area (Å²) in [5.74, 6) is -0.511. The van der Waals surface area contributed by atoms with Crippen LogP contribution in [-0.2, 0) is 12.7 Å². The zero-order valence-electron chi connectivity index (χ0n) is 17.4. The largest absolute Gasteiger partial charge is 0.416 e. The lowest BCUT2D eigenvalue weighted by Crippen LogP contribution is -2.24. The third-order valence-corrected chi connectivity index (χ3v) is 4.96. The number of aryl methyl sites for hydroxylation is 2. The molecule has 2 heterocycles. The lowest BCUT2D eigenvalue weighted by Gasteiger charge is -2.15. The highest BCUT2D eigenvalue weighted by molar-refractivity contribution is 5.93. The number of rotatable bonds is 5. The number of carbonyl (C=O) groups excluding carboxylic acids is 1. The van der Waals surface area contributed by atoms with Crippen molar-refractivity contribution < 1.29 is 18.0 Å². The third kappa shape index (κ3) is 4.41. The highest BCUT2D eigenvalue weighted by Crippen LogP contribution is 2.33. The molecule has 0 atom stereocenters. The van der Waals surface area contributed by atoms with Crippen molar-refractivity contribution in [2.75, 3.05) is 0 Å². The van der Waals surface area contributed by atoms with E-state index >= 15 is 0 Å². The highest BCUT2D eigenvalue weighted by atomic mass is 19.4. The van der Waals surface area contributed by atoms with Crippen molar-refractivity contribution in [2.24, 2.45) is 0 Å². The van der Waals surface area contributed by atoms with E-state index in [1.165, 1.54) is 27.8 Å². The van der Waals surface area contributed by atoms with Crippen LogP contribution >= 0.6 is 0 Å². The molecule has 4 rings (SSSR count). The molecule has 0 bridgehead atoms. The fraction of sp³-hybridized carbons (Fsp3) is 0.174. The molecule has 0 saturated heterocycles. The quantitative estimate of drug-likeness (QED) is 0.493. The SMILES string of the molecule is Cc1cc(C)n(-c2ccc(CNC(=O)c3cnn(-c4ccccc4)c3)c(C(F)(F)F)c2)n1. The van der Waals surface area contributed by atoms with E-state index in [0.29, 0.717) is 11.4 Å². The van der Waals surface area contributed by atoms with Crippen LogP contribution in [0.2, 0.25) is 0 Å². The van der Waals surface area contributed by atoms with Gasteiger partial charge in [0.05, 0.1) is 34.4 Å². The maximum absolute atomic E-state index is 13.7. The molecule has 0 fully saturated rings. The van der Waals surface area contributed by atoms with Crippen LogP contribution in [0.4, 0.5) is 13.2 Å². The number of nitrogens with one attached hydrogen (secondary N) is 1. The van der Waals surface area contributed by atoms with Gasteiger partial charge in [-0.05, 0) is 49.7 Å². The molecular weight excluding hydrogens is 419 g/mol. The summed E-state index contributed by atoms with van der Waals surface area (Å²) in [7, 11) is 0. The summed E-state index contributed by atoms with van der Waals surface area (Å²) in [5.41, 5.74) is 1.92. The molecule has 0 aliphatic heterocycles. The van der Waals surface area contributed by atoms with E-state index in [0.717, 1.165) is 17.4 Å². The Labute approximate surface area is 182 Å². The van der Waals surface area contributed by atoms with Crippen molar-refractivity contribution in [3.05, 3.63) is 95.1 Å². The number of aromatic nitrogens is 4. The number of benzene rings is 2. The van der Waals surface area contributed by atoms with Gasteiger partial charge < -0.3 is 5.32 Å². The average molecular weight is 439 g/mol. The number of nitrogens with zero attached hydrogens (tertiary/aromatic N) is 4. The summed E-state index contributed by atoms with van der Waals surface area (Å²) in [4.78, 5) is 12.5. The molecule has 9 heteroatoms. The molecule has 0 aliphatic carbocycles.